The maximum atomic E-state index is 12.1. The Morgan fingerprint density at radius 2 is 2.00 bits per heavy atom. The van der Waals surface area contributed by atoms with Crippen molar-refractivity contribution < 1.29 is 9.59 Å². The molecule has 2 saturated heterocycles. The number of amides is 3. The molecule has 2 aliphatic heterocycles. The van der Waals surface area contributed by atoms with E-state index in [1.807, 2.05) is 24.3 Å². The van der Waals surface area contributed by atoms with Gasteiger partial charge in [0.1, 0.15) is 0 Å². The number of anilines is 2. The smallest absolute Gasteiger partial charge is 0.321 e. The number of benzene rings is 1. The van der Waals surface area contributed by atoms with Crippen molar-refractivity contribution in [2.24, 2.45) is 5.92 Å². The highest BCUT2D eigenvalue weighted by atomic mass is 35.5. The number of nitrogens with zero attached hydrogens (tertiary/aromatic N) is 1. The molecular weight excluding hydrogens is 304 g/mol. The van der Waals surface area contributed by atoms with Gasteiger partial charge < -0.3 is 16.0 Å². The number of halogens is 1. The lowest BCUT2D eigenvalue weighted by atomic mass is 9.99. The molecule has 1 aromatic carbocycles. The van der Waals surface area contributed by atoms with Crippen LogP contribution in [0.4, 0.5) is 16.2 Å². The first-order chi connectivity index (χ1) is 10.2. The van der Waals surface area contributed by atoms with Crippen LogP contribution in [0.5, 0.6) is 0 Å². The standard InChI is InChI=1S/C15H20N4O2.ClH/c20-14(11-2-1-7-16-10-11)18-12-3-5-13(6-4-12)19-9-8-17-15(19)21;/h3-6,11,16H,1-2,7-10H2,(H,17,21)(H,18,20);1H/t11-;/m1./s1. The van der Waals surface area contributed by atoms with Crippen molar-refractivity contribution in [3.8, 4) is 0 Å². The van der Waals surface area contributed by atoms with Gasteiger partial charge in [0.15, 0.2) is 0 Å². The molecule has 0 radical (unpaired) electrons. The number of piperidine rings is 1. The monoisotopic (exact) mass is 324 g/mol. The molecule has 0 bridgehead atoms. The van der Waals surface area contributed by atoms with Gasteiger partial charge in [-0.15, -0.1) is 12.4 Å². The molecule has 0 unspecified atom stereocenters. The number of nitrogens with one attached hydrogen (secondary N) is 3. The van der Waals surface area contributed by atoms with Crippen molar-refractivity contribution >= 4 is 35.7 Å². The van der Waals surface area contributed by atoms with Gasteiger partial charge in [0.05, 0.1) is 5.92 Å². The largest absolute Gasteiger partial charge is 0.336 e. The third-order valence-corrected chi connectivity index (χ3v) is 3.97. The lowest BCUT2D eigenvalue weighted by molar-refractivity contribution is -0.120. The van der Waals surface area contributed by atoms with E-state index in [2.05, 4.69) is 16.0 Å². The van der Waals surface area contributed by atoms with Gasteiger partial charge in [0.25, 0.3) is 0 Å². The number of hydrogen-bond acceptors (Lipinski definition) is 3. The Balaban J connectivity index is 0.00000176. The summed E-state index contributed by atoms with van der Waals surface area (Å²) in [6, 6.07) is 7.34. The van der Waals surface area contributed by atoms with Crippen LogP contribution in [-0.4, -0.2) is 38.1 Å². The van der Waals surface area contributed by atoms with Gasteiger partial charge >= 0.3 is 6.03 Å². The minimum Gasteiger partial charge on any atom is -0.336 e. The molecule has 3 amide bonds. The fraction of sp³-hybridized carbons (Fsp3) is 0.467. The highest BCUT2D eigenvalue weighted by Crippen LogP contribution is 2.20. The summed E-state index contributed by atoms with van der Waals surface area (Å²) in [6.45, 7) is 3.10. The molecule has 7 heteroatoms. The van der Waals surface area contributed by atoms with Crippen molar-refractivity contribution in [3.05, 3.63) is 24.3 Å². The molecular formula is C15H21ClN4O2. The molecule has 1 aromatic rings. The minimum atomic E-state index is -0.0694. The fourth-order valence-corrected chi connectivity index (χ4v) is 2.76. The molecule has 2 aliphatic rings. The lowest BCUT2D eigenvalue weighted by Crippen LogP contribution is -2.37. The van der Waals surface area contributed by atoms with Crippen molar-refractivity contribution in [3.63, 3.8) is 0 Å². The molecule has 0 saturated carbocycles. The van der Waals surface area contributed by atoms with E-state index < -0.39 is 0 Å². The first-order valence-corrected chi connectivity index (χ1v) is 7.41. The first-order valence-electron chi connectivity index (χ1n) is 7.41. The van der Waals surface area contributed by atoms with E-state index in [1.54, 1.807) is 4.90 Å². The van der Waals surface area contributed by atoms with Gasteiger partial charge in [0.2, 0.25) is 5.91 Å². The van der Waals surface area contributed by atoms with Crippen LogP contribution >= 0.6 is 12.4 Å². The molecule has 0 spiro atoms. The van der Waals surface area contributed by atoms with Gasteiger partial charge in [-0.3, -0.25) is 9.69 Å². The zero-order chi connectivity index (χ0) is 14.7. The lowest BCUT2D eigenvalue weighted by Gasteiger charge is -2.22. The topological polar surface area (TPSA) is 73.5 Å². The summed E-state index contributed by atoms with van der Waals surface area (Å²) in [7, 11) is 0. The number of carbonyl (C=O) groups is 2. The molecule has 3 N–H and O–H groups in total. The number of urea groups is 1. The van der Waals surface area contributed by atoms with E-state index in [0.29, 0.717) is 13.1 Å². The Kier molecular flexibility index (Phi) is 5.63. The minimum absolute atomic E-state index is 0. The first kappa shape index (κ1) is 16.6. The summed E-state index contributed by atoms with van der Waals surface area (Å²) in [5, 5.41) is 8.95. The second kappa shape index (κ2) is 7.47. The summed E-state index contributed by atoms with van der Waals surface area (Å²) in [5.41, 5.74) is 1.62. The van der Waals surface area contributed by atoms with Crippen LogP contribution in [-0.2, 0) is 4.79 Å². The molecule has 2 heterocycles. The fourth-order valence-electron chi connectivity index (χ4n) is 2.76. The maximum absolute atomic E-state index is 12.1. The quantitative estimate of drug-likeness (QED) is 0.790. The van der Waals surface area contributed by atoms with E-state index in [0.717, 1.165) is 37.3 Å². The molecule has 0 aliphatic carbocycles. The average molecular weight is 325 g/mol. The number of carbonyl (C=O) groups excluding carboxylic acids is 2. The summed E-state index contributed by atoms with van der Waals surface area (Å²) < 4.78 is 0. The predicted molar refractivity (Wildman–Crippen MR) is 88.7 cm³/mol. The van der Waals surface area contributed by atoms with Crippen LogP contribution < -0.4 is 20.9 Å². The molecule has 3 rings (SSSR count). The van der Waals surface area contributed by atoms with E-state index in [4.69, 9.17) is 0 Å². The highest BCUT2D eigenvalue weighted by molar-refractivity contribution is 5.95. The average Bonchev–Trinajstić information content (AvgIpc) is 2.95. The normalized spacial score (nSPS) is 21.0. The Labute approximate surface area is 136 Å². The van der Waals surface area contributed by atoms with E-state index in [-0.39, 0.29) is 30.3 Å². The van der Waals surface area contributed by atoms with Gasteiger partial charge in [-0.1, -0.05) is 0 Å². The summed E-state index contributed by atoms with van der Waals surface area (Å²) in [6.07, 6.45) is 1.98. The van der Waals surface area contributed by atoms with Crippen molar-refractivity contribution in [2.45, 2.75) is 12.8 Å². The van der Waals surface area contributed by atoms with Crippen LogP contribution in [0.1, 0.15) is 12.8 Å². The van der Waals surface area contributed by atoms with Crippen molar-refractivity contribution in [1.29, 1.82) is 0 Å². The molecule has 0 aromatic heterocycles. The van der Waals surface area contributed by atoms with Crippen LogP contribution in [0.2, 0.25) is 0 Å². The van der Waals surface area contributed by atoms with Crippen molar-refractivity contribution in [1.82, 2.24) is 10.6 Å². The molecule has 22 heavy (non-hydrogen) atoms. The second-order valence-electron chi connectivity index (χ2n) is 5.46. The Hall–Kier alpha value is -1.79. The third kappa shape index (κ3) is 3.69. The summed E-state index contributed by atoms with van der Waals surface area (Å²) in [5.74, 6) is 0.108. The van der Waals surface area contributed by atoms with Gasteiger partial charge in [-0.05, 0) is 43.7 Å². The highest BCUT2D eigenvalue weighted by Gasteiger charge is 2.22. The van der Waals surface area contributed by atoms with Crippen LogP contribution in [0, 0.1) is 5.92 Å². The van der Waals surface area contributed by atoms with Gasteiger partial charge in [0, 0.05) is 31.0 Å². The molecule has 120 valence electrons. The van der Waals surface area contributed by atoms with Crippen LogP contribution in [0.15, 0.2) is 24.3 Å². The van der Waals surface area contributed by atoms with Gasteiger partial charge in [-0.2, -0.15) is 0 Å². The van der Waals surface area contributed by atoms with E-state index in [9.17, 15) is 9.59 Å². The predicted octanol–water partition coefficient (Wildman–Crippen LogP) is 1.58. The number of rotatable bonds is 3. The maximum Gasteiger partial charge on any atom is 0.321 e. The Morgan fingerprint density at radius 3 is 2.59 bits per heavy atom. The zero-order valence-corrected chi connectivity index (χ0v) is 13.1. The molecule has 6 nitrogen and oxygen atoms in total. The van der Waals surface area contributed by atoms with E-state index in [1.165, 1.54) is 0 Å². The van der Waals surface area contributed by atoms with E-state index >= 15 is 0 Å². The SMILES string of the molecule is Cl.O=C(Nc1ccc(N2CCNC2=O)cc1)[C@@H]1CCCNC1. The number of hydrogen-bond donors (Lipinski definition) is 3. The summed E-state index contributed by atoms with van der Waals surface area (Å²) in [4.78, 5) is 25.4. The summed E-state index contributed by atoms with van der Waals surface area (Å²) >= 11 is 0. The zero-order valence-electron chi connectivity index (χ0n) is 12.3. The molecule has 2 fully saturated rings. The second-order valence-corrected chi connectivity index (χ2v) is 5.46. The van der Waals surface area contributed by atoms with Gasteiger partial charge in [-0.25, -0.2) is 4.79 Å². The molecule has 1 atom stereocenters. The Morgan fingerprint density at radius 1 is 1.23 bits per heavy atom. The van der Waals surface area contributed by atoms with Crippen LogP contribution in [0.3, 0.4) is 0 Å². The van der Waals surface area contributed by atoms with Crippen LogP contribution in [0.25, 0.3) is 0 Å². The van der Waals surface area contributed by atoms with Crippen molar-refractivity contribution in [2.75, 3.05) is 36.4 Å². The third-order valence-electron chi connectivity index (χ3n) is 3.97. The Bertz CT molecular complexity index is 529.